The monoisotopic (exact) mass is 276 g/mol. The molecular weight excluding hydrogens is 267 g/mol. The first kappa shape index (κ1) is 14.6. The van der Waals surface area contributed by atoms with Crippen LogP contribution in [-0.4, -0.2) is 15.3 Å². The first-order valence-corrected chi connectivity index (χ1v) is 6.13. The quantitative estimate of drug-likeness (QED) is 0.796. The van der Waals surface area contributed by atoms with Gasteiger partial charge >= 0.3 is 6.18 Å². The van der Waals surface area contributed by atoms with Crippen molar-refractivity contribution < 1.29 is 17.7 Å². The largest absolute Gasteiger partial charge is 0.788 e. The molecule has 18 heavy (non-hydrogen) atoms. The molecule has 1 heterocycles. The number of nitriles is 1. The lowest BCUT2D eigenvalue weighted by Gasteiger charge is -2.17. The van der Waals surface area contributed by atoms with E-state index in [-0.39, 0.29) is 11.7 Å². The molecule has 0 aliphatic rings. The number of rotatable bonds is 3. The minimum Gasteiger partial charge on any atom is -0.788 e. The summed E-state index contributed by atoms with van der Waals surface area (Å²) in [7, 11) is -1.66. The molecule has 0 N–H and O–H groups in total. The number of hydrogen-bond acceptors (Lipinski definition) is 4. The molecule has 98 valence electrons. The molecule has 4 nitrogen and oxygen atoms in total. The van der Waals surface area contributed by atoms with Gasteiger partial charge in [-0.25, -0.2) is 0 Å². The lowest BCUT2D eigenvalue weighted by Crippen LogP contribution is -2.10. The highest BCUT2D eigenvalue weighted by molar-refractivity contribution is 7.81. The fraction of sp³-hybridized carbons (Fsp3) is 0.400. The van der Waals surface area contributed by atoms with E-state index in [1.807, 2.05) is 0 Å². The van der Waals surface area contributed by atoms with Crippen LogP contribution in [0.2, 0.25) is 0 Å². The molecule has 1 aromatic rings. The summed E-state index contributed by atoms with van der Waals surface area (Å²) in [6.07, 6.45) is -1.96. The van der Waals surface area contributed by atoms with Gasteiger partial charge in [-0.3, -0.25) is 4.98 Å². The van der Waals surface area contributed by atoms with E-state index in [2.05, 4.69) is 9.35 Å². The number of pyridine rings is 1. The van der Waals surface area contributed by atoms with E-state index in [1.54, 1.807) is 6.92 Å². The average Bonchev–Trinajstić information content (AvgIpc) is 2.28. The molecule has 0 spiro atoms. The molecule has 0 aliphatic carbocycles. The van der Waals surface area contributed by atoms with E-state index < -0.39 is 22.8 Å². The zero-order valence-corrected chi connectivity index (χ0v) is 10.1. The Bertz CT molecular complexity index is 479. The van der Waals surface area contributed by atoms with Crippen LogP contribution in [0.3, 0.4) is 0 Å². The topological polar surface area (TPSA) is 72.1 Å². The molecule has 1 aromatic heterocycles. The van der Waals surface area contributed by atoms with E-state index in [4.69, 9.17) is 5.26 Å². The van der Waals surface area contributed by atoms with Crippen LogP contribution in [0.15, 0.2) is 22.7 Å². The Morgan fingerprint density at radius 1 is 1.56 bits per heavy atom. The van der Waals surface area contributed by atoms with Crippen molar-refractivity contribution in [3.05, 3.63) is 29.6 Å². The minimum atomic E-state index is -4.47. The molecule has 0 radical (unpaired) electrons. The third-order valence-electron chi connectivity index (χ3n) is 2.18. The van der Waals surface area contributed by atoms with Crippen LogP contribution >= 0.6 is 0 Å². The predicted molar refractivity (Wildman–Crippen MR) is 58.7 cm³/mol. The molecule has 1 rings (SSSR count). The van der Waals surface area contributed by atoms with Gasteiger partial charge in [0.1, 0.15) is 5.69 Å². The average molecular weight is 276 g/mol. The van der Waals surface area contributed by atoms with Gasteiger partial charge in [-0.05, 0) is 23.3 Å². The number of alkyl halides is 3. The van der Waals surface area contributed by atoms with Crippen LogP contribution in [0.5, 0.6) is 0 Å². The van der Waals surface area contributed by atoms with Crippen LogP contribution in [0.4, 0.5) is 13.2 Å². The molecule has 0 saturated carbocycles. The maximum absolute atomic E-state index is 12.3. The molecule has 2 atom stereocenters. The molecule has 0 aromatic carbocycles. The molecule has 0 amide bonds. The Labute approximate surface area is 104 Å². The summed E-state index contributed by atoms with van der Waals surface area (Å²) in [5.74, 6) is -0.224. The Kier molecular flexibility index (Phi) is 4.81. The number of aromatic nitrogens is 1. The number of nitrogens with zero attached hydrogens (tertiary/aromatic N) is 3. The summed E-state index contributed by atoms with van der Waals surface area (Å²) < 4.78 is 51.1. The molecular formula is C10H9F3N3OS-. The predicted octanol–water partition coefficient (Wildman–Crippen LogP) is 2.62. The van der Waals surface area contributed by atoms with Gasteiger partial charge in [0.25, 0.3) is 0 Å². The van der Waals surface area contributed by atoms with Crippen molar-refractivity contribution in [1.82, 2.24) is 4.98 Å². The van der Waals surface area contributed by atoms with Gasteiger partial charge in [0, 0.05) is 6.20 Å². The standard InChI is InChI=1S/C10H9F3N3OS/c1-7(5-18(17)16-6-14)8-2-3-9(15-4-8)10(11,12)13/h2-4,7H,5H2,1H3/q-1. The van der Waals surface area contributed by atoms with Gasteiger partial charge in [-0.1, -0.05) is 13.0 Å². The zero-order valence-electron chi connectivity index (χ0n) is 9.31. The van der Waals surface area contributed by atoms with E-state index in [9.17, 15) is 17.7 Å². The van der Waals surface area contributed by atoms with Gasteiger partial charge in [-0.15, -0.1) is 0 Å². The first-order valence-electron chi connectivity index (χ1n) is 4.86. The zero-order chi connectivity index (χ0) is 13.8. The maximum atomic E-state index is 12.3. The van der Waals surface area contributed by atoms with Crippen LogP contribution < -0.4 is 0 Å². The summed E-state index contributed by atoms with van der Waals surface area (Å²) in [4.78, 5) is 3.30. The maximum Gasteiger partial charge on any atom is 0.433 e. The highest BCUT2D eigenvalue weighted by Gasteiger charge is 2.32. The molecule has 2 unspecified atom stereocenters. The second kappa shape index (κ2) is 5.93. The first-order chi connectivity index (χ1) is 8.34. The molecule has 0 aliphatic heterocycles. The van der Waals surface area contributed by atoms with Gasteiger partial charge in [-0.2, -0.15) is 33.8 Å². The summed E-state index contributed by atoms with van der Waals surface area (Å²) in [5, 5.41) is 8.20. The van der Waals surface area contributed by atoms with Crippen LogP contribution in [0.25, 0.3) is 0 Å². The normalized spacial score (nSPS) is 15.1. The van der Waals surface area contributed by atoms with Crippen molar-refractivity contribution in [3.63, 3.8) is 0 Å². The molecule has 0 bridgehead atoms. The summed E-state index contributed by atoms with van der Waals surface area (Å²) in [6, 6.07) is 2.15. The third kappa shape index (κ3) is 4.09. The Morgan fingerprint density at radius 3 is 2.67 bits per heavy atom. The highest BCUT2D eigenvalue weighted by atomic mass is 32.2. The SMILES string of the molecule is CC(CS([O-])=NC#N)c1ccc(C(F)(F)F)nc1. The molecule has 0 saturated heterocycles. The second-order valence-electron chi connectivity index (χ2n) is 3.56. The molecule has 0 fully saturated rings. The van der Waals surface area contributed by atoms with Crippen LogP contribution in [-0.2, 0) is 17.1 Å². The van der Waals surface area contributed by atoms with E-state index >= 15 is 0 Å². The highest BCUT2D eigenvalue weighted by Crippen LogP contribution is 2.28. The Hall–Kier alpha value is -1.46. The van der Waals surface area contributed by atoms with Crippen LogP contribution in [0, 0.1) is 11.5 Å². The van der Waals surface area contributed by atoms with Crippen LogP contribution in [0.1, 0.15) is 24.1 Å². The van der Waals surface area contributed by atoms with Crippen molar-refractivity contribution in [2.24, 2.45) is 4.36 Å². The smallest absolute Gasteiger partial charge is 0.433 e. The number of hydrogen-bond donors (Lipinski definition) is 0. The third-order valence-corrected chi connectivity index (χ3v) is 3.25. The fourth-order valence-electron chi connectivity index (χ4n) is 1.26. The van der Waals surface area contributed by atoms with Crippen molar-refractivity contribution in [3.8, 4) is 6.19 Å². The summed E-state index contributed by atoms with van der Waals surface area (Å²) in [6.45, 7) is 1.68. The Balaban J connectivity index is 2.80. The van der Waals surface area contributed by atoms with Crippen molar-refractivity contribution in [2.75, 3.05) is 5.75 Å². The van der Waals surface area contributed by atoms with E-state index in [0.717, 1.165) is 12.3 Å². The van der Waals surface area contributed by atoms with Crippen molar-refractivity contribution >= 4 is 11.0 Å². The van der Waals surface area contributed by atoms with Crippen molar-refractivity contribution in [2.45, 2.75) is 19.0 Å². The summed E-state index contributed by atoms with van der Waals surface area (Å²) in [5.41, 5.74) is -0.453. The number of halogens is 3. The van der Waals surface area contributed by atoms with Gasteiger partial charge < -0.3 is 4.55 Å². The molecule has 8 heteroatoms. The van der Waals surface area contributed by atoms with E-state index in [1.165, 1.54) is 12.3 Å². The van der Waals surface area contributed by atoms with Gasteiger partial charge in [0.15, 0.2) is 0 Å². The summed E-state index contributed by atoms with van der Waals surface area (Å²) >= 11 is 0. The van der Waals surface area contributed by atoms with Gasteiger partial charge in [0.2, 0.25) is 6.19 Å². The fourth-order valence-corrected chi connectivity index (χ4v) is 2.04. The van der Waals surface area contributed by atoms with E-state index in [0.29, 0.717) is 5.56 Å². The second-order valence-corrected chi connectivity index (χ2v) is 4.71. The van der Waals surface area contributed by atoms with Crippen molar-refractivity contribution in [1.29, 1.82) is 5.26 Å². The lowest BCUT2D eigenvalue weighted by molar-refractivity contribution is -0.141. The lowest BCUT2D eigenvalue weighted by atomic mass is 10.1. The van der Waals surface area contributed by atoms with Gasteiger partial charge in [0.05, 0.1) is 0 Å². The Morgan fingerprint density at radius 2 is 2.22 bits per heavy atom. The minimum absolute atomic E-state index is 0.0700.